The van der Waals surface area contributed by atoms with Crippen LogP contribution in [0.25, 0.3) is 0 Å². The molecule has 6 nitrogen and oxygen atoms in total. The van der Waals surface area contributed by atoms with Crippen LogP contribution in [0.3, 0.4) is 0 Å². The second-order valence-corrected chi connectivity index (χ2v) is 7.21. The predicted octanol–water partition coefficient (Wildman–Crippen LogP) is 2.26. The van der Waals surface area contributed by atoms with Crippen LogP contribution in [0.2, 0.25) is 0 Å². The lowest BCUT2D eigenvalue weighted by Gasteiger charge is -2.32. The van der Waals surface area contributed by atoms with Gasteiger partial charge in [0, 0.05) is 30.8 Å². The number of rotatable bonds is 8. The highest BCUT2D eigenvalue weighted by Crippen LogP contribution is 2.30. The van der Waals surface area contributed by atoms with Crippen LogP contribution in [0.1, 0.15) is 32.6 Å². The molecule has 142 valence electrons. The van der Waals surface area contributed by atoms with Crippen LogP contribution in [0.4, 0.5) is 5.69 Å². The van der Waals surface area contributed by atoms with Gasteiger partial charge in [-0.3, -0.25) is 9.59 Å². The van der Waals surface area contributed by atoms with Crippen molar-refractivity contribution in [2.45, 2.75) is 32.6 Å². The van der Waals surface area contributed by atoms with Gasteiger partial charge < -0.3 is 20.3 Å². The van der Waals surface area contributed by atoms with Crippen molar-refractivity contribution in [2.24, 2.45) is 11.8 Å². The highest BCUT2D eigenvalue weighted by Gasteiger charge is 2.29. The number of hydrogen-bond donors (Lipinski definition) is 2. The van der Waals surface area contributed by atoms with E-state index in [0.29, 0.717) is 11.7 Å². The van der Waals surface area contributed by atoms with Gasteiger partial charge >= 0.3 is 0 Å². The average Bonchev–Trinajstić information content (AvgIpc) is 3.50. The average molecular weight is 359 g/mol. The topological polar surface area (TPSA) is 70.7 Å². The van der Waals surface area contributed by atoms with Crippen molar-refractivity contribution in [1.82, 2.24) is 10.2 Å². The Hall–Kier alpha value is -2.08. The molecule has 0 spiro atoms. The molecule has 1 heterocycles. The lowest BCUT2D eigenvalue weighted by atomic mass is 9.97. The summed E-state index contributed by atoms with van der Waals surface area (Å²) in [6, 6.07) is 7.25. The van der Waals surface area contributed by atoms with Gasteiger partial charge in [0.2, 0.25) is 5.91 Å². The van der Waals surface area contributed by atoms with Gasteiger partial charge in [-0.1, -0.05) is 13.0 Å². The fourth-order valence-corrected chi connectivity index (χ4v) is 3.22. The molecule has 2 amide bonds. The van der Waals surface area contributed by atoms with Gasteiger partial charge in [-0.2, -0.15) is 0 Å². The van der Waals surface area contributed by atoms with E-state index in [4.69, 9.17) is 4.74 Å². The Bertz CT molecular complexity index is 622. The first-order valence-electron chi connectivity index (χ1n) is 9.68. The van der Waals surface area contributed by atoms with Crippen LogP contribution in [-0.2, 0) is 9.59 Å². The first kappa shape index (κ1) is 18.7. The molecular weight excluding hydrogens is 330 g/mol. The summed E-state index contributed by atoms with van der Waals surface area (Å²) in [5.41, 5.74) is 0.719. The number of benzene rings is 1. The first-order valence-corrected chi connectivity index (χ1v) is 9.68. The lowest BCUT2D eigenvalue weighted by molar-refractivity contribution is -0.134. The largest absolute Gasteiger partial charge is 0.484 e. The third kappa shape index (κ3) is 5.46. The Labute approximate surface area is 155 Å². The number of amides is 2. The number of anilines is 1. The van der Waals surface area contributed by atoms with Gasteiger partial charge in [0.05, 0.1) is 0 Å². The number of nitrogens with one attached hydrogen (secondary N) is 2. The molecule has 0 atom stereocenters. The van der Waals surface area contributed by atoms with Gasteiger partial charge in [0.1, 0.15) is 5.75 Å². The van der Waals surface area contributed by atoms with E-state index in [9.17, 15) is 9.59 Å². The van der Waals surface area contributed by atoms with Crippen molar-refractivity contribution < 1.29 is 14.3 Å². The molecule has 3 rings (SSSR count). The zero-order valence-corrected chi connectivity index (χ0v) is 15.5. The van der Waals surface area contributed by atoms with E-state index >= 15 is 0 Å². The maximum Gasteiger partial charge on any atom is 0.260 e. The second kappa shape index (κ2) is 9.03. The fraction of sp³-hybridized carbons (Fsp3) is 0.600. The van der Waals surface area contributed by atoms with Crippen molar-refractivity contribution in [1.29, 1.82) is 0 Å². The van der Waals surface area contributed by atoms with Gasteiger partial charge in [0.25, 0.3) is 5.91 Å². The highest BCUT2D eigenvalue weighted by atomic mass is 16.5. The number of piperidine rings is 1. The summed E-state index contributed by atoms with van der Waals surface area (Å²) in [7, 11) is 0. The summed E-state index contributed by atoms with van der Waals surface area (Å²) >= 11 is 0. The maximum atomic E-state index is 12.4. The molecule has 0 bridgehead atoms. The van der Waals surface area contributed by atoms with Crippen LogP contribution >= 0.6 is 0 Å². The molecule has 1 aromatic rings. The third-order valence-electron chi connectivity index (χ3n) is 5.06. The number of nitrogens with zero attached hydrogens (tertiary/aromatic N) is 1. The molecular formula is C20H29N3O3. The van der Waals surface area contributed by atoms with Crippen molar-refractivity contribution in [3.63, 3.8) is 0 Å². The van der Waals surface area contributed by atoms with Crippen LogP contribution < -0.4 is 15.4 Å². The Morgan fingerprint density at radius 1 is 1.19 bits per heavy atom. The van der Waals surface area contributed by atoms with E-state index in [1.54, 1.807) is 6.07 Å². The molecule has 26 heavy (non-hydrogen) atoms. The van der Waals surface area contributed by atoms with Crippen molar-refractivity contribution >= 4 is 17.5 Å². The second-order valence-electron chi connectivity index (χ2n) is 7.21. The van der Waals surface area contributed by atoms with Crippen molar-refractivity contribution in [2.75, 3.05) is 38.1 Å². The third-order valence-corrected chi connectivity index (χ3v) is 5.06. The van der Waals surface area contributed by atoms with Crippen LogP contribution in [0.15, 0.2) is 24.3 Å². The molecule has 1 aliphatic carbocycles. The normalized spacial score (nSPS) is 17.8. The Morgan fingerprint density at radius 3 is 2.65 bits per heavy atom. The monoisotopic (exact) mass is 359 g/mol. The maximum absolute atomic E-state index is 12.4. The SMILES string of the molecule is CCNCC1CCN(C(=O)COc2cccc(NC(=O)C3CC3)c2)CC1. The summed E-state index contributed by atoms with van der Waals surface area (Å²) in [6.45, 7) is 5.79. The van der Waals surface area contributed by atoms with Crippen LogP contribution in [0, 0.1) is 11.8 Å². The quantitative estimate of drug-likeness (QED) is 0.747. The minimum absolute atomic E-state index is 0.0271. The number of carbonyl (C=O) groups is 2. The smallest absolute Gasteiger partial charge is 0.260 e. The molecule has 1 saturated heterocycles. The van der Waals surface area contributed by atoms with E-state index in [2.05, 4.69) is 17.6 Å². The number of hydrogen-bond acceptors (Lipinski definition) is 4. The summed E-state index contributed by atoms with van der Waals surface area (Å²) in [5.74, 6) is 1.52. The Morgan fingerprint density at radius 2 is 1.96 bits per heavy atom. The van der Waals surface area contributed by atoms with Crippen molar-refractivity contribution in [3.8, 4) is 5.75 Å². The molecule has 2 fully saturated rings. The molecule has 0 unspecified atom stereocenters. The molecule has 1 aliphatic heterocycles. The lowest BCUT2D eigenvalue weighted by Crippen LogP contribution is -2.42. The Balaban J connectivity index is 1.42. The van der Waals surface area contributed by atoms with E-state index < -0.39 is 0 Å². The van der Waals surface area contributed by atoms with Crippen molar-refractivity contribution in [3.05, 3.63) is 24.3 Å². The van der Waals surface area contributed by atoms with E-state index in [1.807, 2.05) is 23.1 Å². The fourth-order valence-electron chi connectivity index (χ4n) is 3.22. The van der Waals surface area contributed by atoms with Gasteiger partial charge in [-0.05, 0) is 56.8 Å². The number of ether oxygens (including phenoxy) is 1. The highest BCUT2D eigenvalue weighted by molar-refractivity contribution is 5.94. The summed E-state index contributed by atoms with van der Waals surface area (Å²) < 4.78 is 5.66. The molecule has 6 heteroatoms. The summed E-state index contributed by atoms with van der Waals surface area (Å²) in [5, 5.41) is 6.28. The number of likely N-dealkylation sites (tertiary alicyclic amines) is 1. The van der Waals surface area contributed by atoms with Crippen LogP contribution in [0.5, 0.6) is 5.75 Å². The van der Waals surface area contributed by atoms with Crippen LogP contribution in [-0.4, -0.2) is 49.5 Å². The summed E-state index contributed by atoms with van der Waals surface area (Å²) in [6.07, 6.45) is 4.03. The van der Waals surface area contributed by atoms with E-state index in [0.717, 1.165) is 57.5 Å². The first-order chi connectivity index (χ1) is 12.7. The van der Waals surface area contributed by atoms with E-state index in [-0.39, 0.29) is 24.3 Å². The molecule has 2 aliphatic rings. The van der Waals surface area contributed by atoms with E-state index in [1.165, 1.54) is 0 Å². The zero-order chi connectivity index (χ0) is 18.4. The summed E-state index contributed by atoms with van der Waals surface area (Å²) in [4.78, 5) is 26.1. The van der Waals surface area contributed by atoms with Gasteiger partial charge in [0.15, 0.2) is 6.61 Å². The molecule has 1 aromatic carbocycles. The minimum Gasteiger partial charge on any atom is -0.484 e. The minimum atomic E-state index is 0.0271. The molecule has 2 N–H and O–H groups in total. The molecule has 0 radical (unpaired) electrons. The number of carbonyl (C=O) groups excluding carboxylic acids is 2. The zero-order valence-electron chi connectivity index (χ0n) is 15.5. The Kier molecular flexibility index (Phi) is 6.50. The standard InChI is InChI=1S/C20H29N3O3/c1-2-21-13-15-8-10-23(11-9-15)19(24)14-26-18-5-3-4-17(12-18)22-20(25)16-6-7-16/h3-5,12,15-16,21H,2,6-11,13-14H2,1H3,(H,22,25). The molecule has 1 saturated carbocycles. The predicted molar refractivity (Wildman–Crippen MR) is 101 cm³/mol. The van der Waals surface area contributed by atoms with Gasteiger partial charge in [-0.25, -0.2) is 0 Å². The molecule has 0 aromatic heterocycles. The van der Waals surface area contributed by atoms with Gasteiger partial charge in [-0.15, -0.1) is 0 Å².